The van der Waals surface area contributed by atoms with Crippen LogP contribution in [-0.4, -0.2) is 37.2 Å². The van der Waals surface area contributed by atoms with Crippen molar-refractivity contribution in [1.29, 1.82) is 0 Å². The van der Waals surface area contributed by atoms with Crippen LogP contribution in [0.1, 0.15) is 35.9 Å². The molecule has 1 N–H and O–H groups in total. The van der Waals surface area contributed by atoms with Gasteiger partial charge in [0.05, 0.1) is 18.4 Å². The normalized spacial score (nSPS) is 11.0. The largest absolute Gasteiger partial charge is 0.349 e. The highest BCUT2D eigenvalue weighted by atomic mass is 16.2. The highest BCUT2D eigenvalue weighted by molar-refractivity contribution is 5.92. The molecule has 0 saturated heterocycles. The molecule has 0 fully saturated rings. The van der Waals surface area contributed by atoms with Crippen LogP contribution in [0.25, 0.3) is 11.3 Å². The number of nitrogens with one attached hydrogen (secondary N) is 1. The first-order valence-electron chi connectivity index (χ1n) is 8.32. The predicted molar refractivity (Wildman–Crippen MR) is 95.1 cm³/mol. The Hall–Kier alpha value is -2.96. The smallest absolute Gasteiger partial charge is 0.269 e. The minimum absolute atomic E-state index is 0.134. The molecule has 0 bridgehead atoms. The Morgan fingerprint density at radius 1 is 1.24 bits per heavy atom. The molecule has 0 saturated carbocycles. The van der Waals surface area contributed by atoms with Gasteiger partial charge in [-0.1, -0.05) is 49.4 Å². The Bertz CT molecular complexity index is 850. The first-order chi connectivity index (χ1) is 12.0. The molecule has 0 aliphatic rings. The van der Waals surface area contributed by atoms with Crippen LogP contribution in [-0.2, 0) is 13.6 Å². The average Bonchev–Trinajstić information content (AvgIpc) is 3.22. The van der Waals surface area contributed by atoms with Crippen LogP contribution in [0.4, 0.5) is 0 Å². The Kier molecular flexibility index (Phi) is 4.92. The summed E-state index contributed by atoms with van der Waals surface area (Å²) in [5, 5.41) is 15.5. The topological polar surface area (TPSA) is 77.6 Å². The van der Waals surface area contributed by atoms with Gasteiger partial charge in [0, 0.05) is 19.2 Å². The van der Waals surface area contributed by atoms with Gasteiger partial charge >= 0.3 is 0 Å². The molecule has 2 aromatic heterocycles. The van der Waals surface area contributed by atoms with E-state index in [1.807, 2.05) is 42.6 Å². The highest BCUT2D eigenvalue weighted by Gasteiger charge is 2.14. The van der Waals surface area contributed by atoms with Gasteiger partial charge in [0.1, 0.15) is 11.4 Å². The minimum atomic E-state index is -0.134. The lowest BCUT2D eigenvalue weighted by atomic mass is 10.1. The van der Waals surface area contributed by atoms with Gasteiger partial charge in [-0.3, -0.25) is 14.2 Å². The Balaban J connectivity index is 1.56. The number of rotatable bonds is 6. The van der Waals surface area contributed by atoms with E-state index in [9.17, 15) is 4.79 Å². The van der Waals surface area contributed by atoms with Crippen molar-refractivity contribution in [3.63, 3.8) is 0 Å². The van der Waals surface area contributed by atoms with Crippen molar-refractivity contribution in [2.24, 2.45) is 7.05 Å². The zero-order valence-corrected chi connectivity index (χ0v) is 14.7. The van der Waals surface area contributed by atoms with Crippen LogP contribution in [0.5, 0.6) is 0 Å². The van der Waals surface area contributed by atoms with E-state index in [4.69, 9.17) is 0 Å². The standard InChI is InChI=1S/C18H22N6O/c1-13(2)15-11-17(23(3)21-15)18(25)19-9-10-24-12-16(20-22-24)14-7-5-4-6-8-14/h4-8,11-13H,9-10H2,1-3H3,(H,19,25). The summed E-state index contributed by atoms with van der Waals surface area (Å²) >= 11 is 0. The second-order valence-corrected chi connectivity index (χ2v) is 6.22. The van der Waals surface area contributed by atoms with E-state index in [1.54, 1.807) is 16.4 Å². The molecule has 2 heterocycles. The maximum Gasteiger partial charge on any atom is 0.269 e. The molecule has 0 radical (unpaired) electrons. The molecular formula is C18H22N6O. The van der Waals surface area contributed by atoms with E-state index >= 15 is 0 Å². The van der Waals surface area contributed by atoms with E-state index < -0.39 is 0 Å². The molecule has 130 valence electrons. The Morgan fingerprint density at radius 2 is 2.00 bits per heavy atom. The zero-order chi connectivity index (χ0) is 17.8. The van der Waals surface area contributed by atoms with E-state index in [-0.39, 0.29) is 5.91 Å². The number of hydrogen-bond donors (Lipinski definition) is 1. The molecule has 7 heteroatoms. The number of carbonyl (C=O) groups is 1. The third-order valence-corrected chi connectivity index (χ3v) is 3.96. The summed E-state index contributed by atoms with van der Waals surface area (Å²) in [7, 11) is 1.78. The summed E-state index contributed by atoms with van der Waals surface area (Å²) in [6, 6.07) is 11.7. The van der Waals surface area contributed by atoms with Crippen LogP contribution < -0.4 is 5.32 Å². The molecule has 1 amide bonds. The Labute approximate surface area is 146 Å². The summed E-state index contributed by atoms with van der Waals surface area (Å²) in [5.74, 6) is 0.157. The monoisotopic (exact) mass is 338 g/mol. The van der Waals surface area contributed by atoms with E-state index in [1.165, 1.54) is 0 Å². The number of hydrogen-bond acceptors (Lipinski definition) is 4. The van der Waals surface area contributed by atoms with Crippen LogP contribution in [0.2, 0.25) is 0 Å². The fourth-order valence-corrected chi connectivity index (χ4v) is 2.51. The fraction of sp³-hybridized carbons (Fsp3) is 0.333. The number of aromatic nitrogens is 5. The molecule has 0 spiro atoms. The second kappa shape index (κ2) is 7.29. The first kappa shape index (κ1) is 16.9. The van der Waals surface area contributed by atoms with Gasteiger partial charge in [-0.2, -0.15) is 5.10 Å². The van der Waals surface area contributed by atoms with Crippen molar-refractivity contribution in [3.8, 4) is 11.3 Å². The van der Waals surface area contributed by atoms with E-state index in [0.717, 1.165) is 17.0 Å². The summed E-state index contributed by atoms with van der Waals surface area (Å²) in [4.78, 5) is 12.3. The van der Waals surface area contributed by atoms with Gasteiger partial charge in [0.15, 0.2) is 0 Å². The Morgan fingerprint density at radius 3 is 2.68 bits per heavy atom. The maximum absolute atomic E-state index is 12.3. The minimum Gasteiger partial charge on any atom is -0.349 e. The van der Waals surface area contributed by atoms with Gasteiger partial charge in [-0.25, -0.2) is 0 Å². The molecule has 0 unspecified atom stereocenters. The maximum atomic E-state index is 12.3. The number of nitrogens with zero attached hydrogens (tertiary/aromatic N) is 5. The molecule has 0 aliphatic heterocycles. The molecule has 0 aliphatic carbocycles. The van der Waals surface area contributed by atoms with Crippen molar-refractivity contribution in [3.05, 3.63) is 54.0 Å². The number of aryl methyl sites for hydroxylation is 1. The SMILES string of the molecule is CC(C)c1cc(C(=O)NCCn2cc(-c3ccccc3)nn2)n(C)n1. The first-order valence-corrected chi connectivity index (χ1v) is 8.32. The van der Waals surface area contributed by atoms with Crippen molar-refractivity contribution in [2.75, 3.05) is 6.54 Å². The van der Waals surface area contributed by atoms with Crippen LogP contribution in [0, 0.1) is 0 Å². The summed E-state index contributed by atoms with van der Waals surface area (Å²) in [5.41, 5.74) is 3.32. The third-order valence-electron chi connectivity index (χ3n) is 3.96. The van der Waals surface area contributed by atoms with Crippen molar-refractivity contribution in [2.45, 2.75) is 26.3 Å². The van der Waals surface area contributed by atoms with E-state index in [2.05, 4.69) is 34.6 Å². The lowest BCUT2D eigenvalue weighted by Crippen LogP contribution is -2.29. The quantitative estimate of drug-likeness (QED) is 0.748. The third kappa shape index (κ3) is 3.93. The van der Waals surface area contributed by atoms with Crippen molar-refractivity contribution in [1.82, 2.24) is 30.1 Å². The number of benzene rings is 1. The van der Waals surface area contributed by atoms with Crippen molar-refractivity contribution >= 4 is 5.91 Å². The summed E-state index contributed by atoms with van der Waals surface area (Å²) < 4.78 is 3.35. The lowest BCUT2D eigenvalue weighted by molar-refractivity contribution is 0.0942. The summed E-state index contributed by atoms with van der Waals surface area (Å²) in [6.45, 7) is 5.14. The molecule has 1 aromatic carbocycles. The predicted octanol–water partition coefficient (Wildman–Crippen LogP) is 2.23. The molecular weight excluding hydrogens is 316 g/mol. The van der Waals surface area contributed by atoms with Crippen molar-refractivity contribution < 1.29 is 4.79 Å². The second-order valence-electron chi connectivity index (χ2n) is 6.22. The van der Waals surface area contributed by atoms with Gasteiger partial charge in [-0.05, 0) is 12.0 Å². The van der Waals surface area contributed by atoms with Gasteiger partial charge in [-0.15, -0.1) is 5.10 Å². The lowest BCUT2D eigenvalue weighted by Gasteiger charge is -2.04. The van der Waals surface area contributed by atoms with Gasteiger partial charge in [0.2, 0.25) is 0 Å². The summed E-state index contributed by atoms with van der Waals surface area (Å²) in [6.07, 6.45) is 1.88. The highest BCUT2D eigenvalue weighted by Crippen LogP contribution is 2.15. The van der Waals surface area contributed by atoms with E-state index in [0.29, 0.717) is 24.7 Å². The average molecular weight is 338 g/mol. The van der Waals surface area contributed by atoms with Gasteiger partial charge < -0.3 is 5.32 Å². The van der Waals surface area contributed by atoms with Crippen LogP contribution >= 0.6 is 0 Å². The van der Waals surface area contributed by atoms with Crippen LogP contribution in [0.15, 0.2) is 42.6 Å². The molecule has 3 aromatic rings. The number of carbonyl (C=O) groups excluding carboxylic acids is 1. The zero-order valence-electron chi connectivity index (χ0n) is 14.7. The van der Waals surface area contributed by atoms with Gasteiger partial charge in [0.25, 0.3) is 5.91 Å². The molecule has 3 rings (SSSR count). The molecule has 25 heavy (non-hydrogen) atoms. The fourth-order valence-electron chi connectivity index (χ4n) is 2.51. The van der Waals surface area contributed by atoms with Crippen LogP contribution in [0.3, 0.4) is 0 Å². The molecule has 0 atom stereocenters. The molecule has 7 nitrogen and oxygen atoms in total. The number of amides is 1.